The number of H-pyrrole nitrogens is 1. The molecule has 0 radical (unpaired) electrons. The molecule has 5 N–H and O–H groups in total. The summed E-state index contributed by atoms with van der Waals surface area (Å²) in [7, 11) is 0. The number of benzene rings is 1. The zero-order valence-corrected chi connectivity index (χ0v) is 20.6. The van der Waals surface area contributed by atoms with Crippen LogP contribution in [0.2, 0.25) is 0 Å². The van der Waals surface area contributed by atoms with Gasteiger partial charge in [0.15, 0.2) is 45.8 Å². The van der Waals surface area contributed by atoms with Crippen molar-refractivity contribution >= 4 is 28.7 Å². The molecule has 0 unspecified atom stereocenters. The number of nitrogens with one attached hydrogen (secondary N) is 3. The van der Waals surface area contributed by atoms with Gasteiger partial charge in [-0.1, -0.05) is 24.3 Å². The smallest absolute Gasteiger partial charge is 0.274 e. The maximum Gasteiger partial charge on any atom is 0.274 e. The first-order valence-corrected chi connectivity index (χ1v) is 11.9. The Morgan fingerprint density at radius 3 is 2.85 bits per heavy atom. The van der Waals surface area contributed by atoms with E-state index in [9.17, 15) is 18.8 Å². The Morgan fingerprint density at radius 1 is 1.26 bits per heavy atom. The van der Waals surface area contributed by atoms with Crippen LogP contribution < -0.4 is 16.4 Å². The number of rotatable bonds is 7. The number of aromatic amines is 1. The van der Waals surface area contributed by atoms with Crippen molar-refractivity contribution in [3.05, 3.63) is 88.7 Å². The molecular formula is C26H22F2N10O. The molecule has 0 spiro atoms. The number of nitrogens with zero attached hydrogens (tertiary/aromatic N) is 6. The van der Waals surface area contributed by atoms with Crippen molar-refractivity contribution in [1.82, 2.24) is 35.5 Å². The first-order valence-electron chi connectivity index (χ1n) is 11.9. The van der Waals surface area contributed by atoms with Gasteiger partial charge in [0.05, 0.1) is 24.1 Å². The highest BCUT2D eigenvalue weighted by molar-refractivity contribution is 5.97. The Bertz CT molecular complexity index is 1670. The zero-order chi connectivity index (χ0) is 27.5. The van der Waals surface area contributed by atoms with Gasteiger partial charge in [-0.3, -0.25) is 9.89 Å². The summed E-state index contributed by atoms with van der Waals surface area (Å²) in [6.07, 6.45) is 9.59. The molecule has 196 valence electrons. The van der Waals surface area contributed by atoms with E-state index in [4.69, 9.17) is 5.73 Å². The van der Waals surface area contributed by atoms with Crippen LogP contribution in [0.3, 0.4) is 0 Å². The molecule has 11 nitrogen and oxygen atoms in total. The first kappa shape index (κ1) is 25.4. The number of allylic oxidation sites excluding steroid dienone is 2. The second-order valence-corrected chi connectivity index (χ2v) is 8.87. The number of hydrogen-bond donors (Lipinski definition) is 4. The molecular weight excluding hydrogens is 506 g/mol. The molecule has 4 aromatic rings. The topological polar surface area (TPSA) is 171 Å². The summed E-state index contributed by atoms with van der Waals surface area (Å²) in [5.41, 5.74) is 8.84. The molecule has 0 saturated carbocycles. The molecule has 2 atom stereocenters. The van der Waals surface area contributed by atoms with Crippen LogP contribution in [0.1, 0.15) is 52.7 Å². The number of amides is 1. The van der Waals surface area contributed by atoms with Crippen molar-refractivity contribution in [3.63, 3.8) is 0 Å². The fraction of sp³-hybridized carbons (Fsp3) is 0.192. The van der Waals surface area contributed by atoms with Gasteiger partial charge < -0.3 is 16.4 Å². The summed E-state index contributed by atoms with van der Waals surface area (Å²) in [4.78, 5) is 30.2. The van der Waals surface area contributed by atoms with E-state index < -0.39 is 23.6 Å². The highest BCUT2D eigenvalue weighted by atomic mass is 19.2. The van der Waals surface area contributed by atoms with Gasteiger partial charge in [0.1, 0.15) is 6.07 Å². The molecule has 0 saturated heterocycles. The third-order valence-electron chi connectivity index (χ3n) is 6.23. The van der Waals surface area contributed by atoms with Crippen molar-refractivity contribution in [3.8, 4) is 6.07 Å². The van der Waals surface area contributed by atoms with E-state index in [1.165, 1.54) is 12.3 Å². The van der Waals surface area contributed by atoms with Crippen molar-refractivity contribution in [2.24, 2.45) is 0 Å². The standard InChI is InChI=1S/C26H22F2N10O/c1-13(16-6-7-18(27)19(28)8-16)34-26(39)22-24(32-11-17(9-29)35-22)31-10-14-2-4-15(5-3-14)20-12-33-25-21(36-20)23(30)37-38-25/h2-4,6-8,11-13,15H,5,10H2,1H3,(H,31,32)(H,34,39)(H3,30,33,37,38)/t13-,15-/m0/s1. The van der Waals surface area contributed by atoms with E-state index in [0.29, 0.717) is 35.5 Å². The number of halogens is 2. The number of carbonyl (C=O) groups is 1. The number of fused-ring (bicyclic) bond motifs is 1. The van der Waals surface area contributed by atoms with Crippen molar-refractivity contribution in [2.45, 2.75) is 25.3 Å². The third-order valence-corrected chi connectivity index (χ3v) is 6.23. The number of nitrogen functional groups attached to an aromatic ring is 1. The Balaban J connectivity index is 1.26. The minimum absolute atomic E-state index is 0.00813. The molecule has 3 heterocycles. The van der Waals surface area contributed by atoms with Gasteiger partial charge in [0.25, 0.3) is 5.91 Å². The number of anilines is 2. The van der Waals surface area contributed by atoms with Gasteiger partial charge in [-0.05, 0) is 36.6 Å². The normalized spacial score (nSPS) is 15.4. The highest BCUT2D eigenvalue weighted by Crippen LogP contribution is 2.27. The van der Waals surface area contributed by atoms with Gasteiger partial charge in [-0.25, -0.2) is 28.7 Å². The quantitative estimate of drug-likeness (QED) is 0.280. The Hall–Kier alpha value is -5.25. The fourth-order valence-corrected chi connectivity index (χ4v) is 4.07. The number of nitriles is 1. The first-order chi connectivity index (χ1) is 18.8. The van der Waals surface area contributed by atoms with Gasteiger partial charge in [-0.2, -0.15) is 10.4 Å². The average Bonchev–Trinajstić information content (AvgIpc) is 3.33. The summed E-state index contributed by atoms with van der Waals surface area (Å²) in [5, 5.41) is 21.7. The Labute approximate surface area is 220 Å². The maximum absolute atomic E-state index is 13.6. The van der Waals surface area contributed by atoms with Crippen LogP contribution in [-0.4, -0.2) is 42.6 Å². The average molecular weight is 529 g/mol. The molecule has 1 amide bonds. The SMILES string of the molecule is C[C@H](NC(=O)c1nc(C#N)cnc1NCC1=CC[C@@H](c2cnc3[nH]nc(N)c3n2)C=C1)c1ccc(F)c(F)c1. The minimum Gasteiger partial charge on any atom is -0.380 e. The van der Waals surface area contributed by atoms with Crippen molar-refractivity contribution in [2.75, 3.05) is 17.6 Å². The molecule has 0 fully saturated rings. The van der Waals surface area contributed by atoms with Gasteiger partial charge in [0.2, 0.25) is 0 Å². The number of nitrogens with two attached hydrogens (primary N) is 1. The summed E-state index contributed by atoms with van der Waals surface area (Å²) in [6.45, 7) is 1.96. The zero-order valence-electron chi connectivity index (χ0n) is 20.6. The molecule has 0 bridgehead atoms. The van der Waals surface area contributed by atoms with E-state index in [-0.39, 0.29) is 23.1 Å². The fourth-order valence-electron chi connectivity index (χ4n) is 4.07. The summed E-state index contributed by atoms with van der Waals surface area (Å²) < 4.78 is 26.9. The van der Waals surface area contributed by atoms with Crippen LogP contribution in [0.15, 0.2) is 54.4 Å². The summed E-state index contributed by atoms with van der Waals surface area (Å²) in [5.74, 6) is -2.15. The van der Waals surface area contributed by atoms with E-state index >= 15 is 0 Å². The number of aromatic nitrogens is 6. The Kier molecular flexibility index (Phi) is 6.92. The van der Waals surface area contributed by atoms with Crippen LogP contribution >= 0.6 is 0 Å². The van der Waals surface area contributed by atoms with E-state index in [2.05, 4.69) is 40.8 Å². The number of carbonyl (C=O) groups excluding carboxylic acids is 1. The van der Waals surface area contributed by atoms with E-state index in [1.54, 1.807) is 13.1 Å². The lowest BCUT2D eigenvalue weighted by Crippen LogP contribution is -2.29. The predicted molar refractivity (Wildman–Crippen MR) is 138 cm³/mol. The Morgan fingerprint density at radius 2 is 2.10 bits per heavy atom. The maximum atomic E-state index is 13.6. The summed E-state index contributed by atoms with van der Waals surface area (Å²) >= 11 is 0. The second kappa shape index (κ2) is 10.6. The van der Waals surface area contributed by atoms with Gasteiger partial charge in [0, 0.05) is 12.5 Å². The molecule has 3 aromatic heterocycles. The second-order valence-electron chi connectivity index (χ2n) is 8.87. The monoisotopic (exact) mass is 528 g/mol. The predicted octanol–water partition coefficient (Wildman–Crippen LogP) is 3.45. The lowest BCUT2D eigenvalue weighted by atomic mass is 9.94. The molecule has 1 aliphatic rings. The van der Waals surface area contributed by atoms with Gasteiger partial charge in [-0.15, -0.1) is 0 Å². The lowest BCUT2D eigenvalue weighted by Gasteiger charge is -2.18. The van der Waals surface area contributed by atoms with E-state index in [0.717, 1.165) is 23.4 Å². The third kappa shape index (κ3) is 5.40. The summed E-state index contributed by atoms with van der Waals surface area (Å²) in [6, 6.07) is 4.59. The van der Waals surface area contributed by atoms with Crippen LogP contribution in [0.4, 0.5) is 20.4 Å². The highest BCUT2D eigenvalue weighted by Gasteiger charge is 2.20. The van der Waals surface area contributed by atoms with Crippen molar-refractivity contribution in [1.29, 1.82) is 5.26 Å². The molecule has 39 heavy (non-hydrogen) atoms. The largest absolute Gasteiger partial charge is 0.380 e. The number of hydrogen-bond acceptors (Lipinski definition) is 9. The van der Waals surface area contributed by atoms with Crippen molar-refractivity contribution < 1.29 is 13.6 Å². The van der Waals surface area contributed by atoms with Gasteiger partial charge >= 0.3 is 0 Å². The molecule has 1 aliphatic carbocycles. The van der Waals surface area contributed by atoms with Crippen LogP contribution in [0, 0.1) is 23.0 Å². The van der Waals surface area contributed by atoms with Crippen LogP contribution in [0.5, 0.6) is 0 Å². The molecule has 1 aromatic carbocycles. The molecule has 0 aliphatic heterocycles. The van der Waals surface area contributed by atoms with Crippen LogP contribution in [0.25, 0.3) is 11.2 Å². The minimum atomic E-state index is -1.02. The van der Waals surface area contributed by atoms with E-state index in [1.807, 2.05) is 24.3 Å². The lowest BCUT2D eigenvalue weighted by molar-refractivity contribution is 0.0935. The molecule has 5 rings (SSSR count). The molecule has 13 heteroatoms. The van der Waals surface area contributed by atoms with Crippen LogP contribution in [-0.2, 0) is 0 Å².